The minimum absolute atomic E-state index is 0.584. The predicted molar refractivity (Wildman–Crippen MR) is 83.5 cm³/mol. The lowest BCUT2D eigenvalue weighted by atomic mass is 10.0. The van der Waals surface area contributed by atoms with E-state index in [-0.39, 0.29) is 0 Å². The van der Waals surface area contributed by atoms with Gasteiger partial charge in [-0.1, -0.05) is 44.2 Å². The average molecular weight is 254 g/mol. The molecule has 2 N–H and O–H groups in total. The lowest BCUT2D eigenvalue weighted by Gasteiger charge is -2.20. The van der Waals surface area contributed by atoms with Gasteiger partial charge < -0.3 is 10.6 Å². The van der Waals surface area contributed by atoms with Crippen LogP contribution in [0.4, 0.5) is 11.4 Å². The number of nitrogen functional groups attached to an aromatic ring is 1. The molecule has 0 saturated carbocycles. The van der Waals surface area contributed by atoms with E-state index in [1.54, 1.807) is 0 Å². The monoisotopic (exact) mass is 254 g/mol. The largest absolute Gasteiger partial charge is 0.399 e. The average Bonchev–Trinajstić information content (AvgIpc) is 2.39. The van der Waals surface area contributed by atoms with Crippen LogP contribution in [0.5, 0.6) is 0 Å². The summed E-state index contributed by atoms with van der Waals surface area (Å²) in [6, 6.07) is 16.8. The smallest absolute Gasteiger partial charge is 0.0426 e. The quantitative estimate of drug-likeness (QED) is 0.835. The first-order valence-corrected chi connectivity index (χ1v) is 6.72. The van der Waals surface area contributed by atoms with E-state index in [0.29, 0.717) is 5.92 Å². The van der Waals surface area contributed by atoms with Gasteiger partial charge in [0.25, 0.3) is 0 Å². The highest BCUT2D eigenvalue weighted by molar-refractivity contribution is 5.55. The fraction of sp³-hybridized carbons (Fsp3) is 0.294. The lowest BCUT2D eigenvalue weighted by molar-refractivity contribution is 0.861. The van der Waals surface area contributed by atoms with Crippen LogP contribution in [-0.4, -0.2) is 7.05 Å². The molecule has 0 aliphatic carbocycles. The van der Waals surface area contributed by atoms with Crippen molar-refractivity contribution in [3.63, 3.8) is 0 Å². The highest BCUT2D eigenvalue weighted by atomic mass is 15.1. The molecule has 2 heteroatoms. The van der Waals surface area contributed by atoms with E-state index in [1.807, 2.05) is 18.2 Å². The van der Waals surface area contributed by atoms with Gasteiger partial charge in [0.1, 0.15) is 0 Å². The molecule has 2 aromatic rings. The molecule has 19 heavy (non-hydrogen) atoms. The van der Waals surface area contributed by atoms with Crippen LogP contribution in [-0.2, 0) is 6.54 Å². The molecule has 0 aliphatic rings. The molecule has 2 nitrogen and oxygen atoms in total. The standard InChI is InChI=1S/C17H22N2/c1-13(2)15-9-7-14(8-10-15)12-19(3)17-6-4-5-16(18)11-17/h4-11,13H,12,18H2,1-3H3. The molecule has 0 atom stereocenters. The van der Waals surface area contributed by atoms with Crippen molar-refractivity contribution in [1.29, 1.82) is 0 Å². The van der Waals surface area contributed by atoms with Crippen molar-refractivity contribution >= 4 is 11.4 Å². The number of hydrogen-bond acceptors (Lipinski definition) is 2. The molecule has 0 aromatic heterocycles. The highest BCUT2D eigenvalue weighted by Gasteiger charge is 2.03. The van der Waals surface area contributed by atoms with Crippen LogP contribution in [0.3, 0.4) is 0 Å². The number of nitrogens with zero attached hydrogens (tertiary/aromatic N) is 1. The van der Waals surface area contributed by atoms with Crippen LogP contribution in [0.25, 0.3) is 0 Å². The fourth-order valence-electron chi connectivity index (χ4n) is 2.14. The SMILES string of the molecule is CC(C)c1ccc(CN(C)c2cccc(N)c2)cc1. The molecular formula is C17H22N2. The third-order valence-electron chi connectivity index (χ3n) is 3.38. The van der Waals surface area contributed by atoms with Gasteiger partial charge in [0, 0.05) is 25.0 Å². The molecule has 0 saturated heterocycles. The maximum absolute atomic E-state index is 5.82. The summed E-state index contributed by atoms with van der Waals surface area (Å²) in [6.45, 7) is 5.32. The Labute approximate surface area is 115 Å². The maximum Gasteiger partial charge on any atom is 0.0426 e. The van der Waals surface area contributed by atoms with Crippen molar-refractivity contribution in [1.82, 2.24) is 0 Å². The van der Waals surface area contributed by atoms with Crippen molar-refractivity contribution in [3.05, 3.63) is 59.7 Å². The summed E-state index contributed by atoms with van der Waals surface area (Å²) < 4.78 is 0. The molecule has 2 aromatic carbocycles. The molecule has 0 fully saturated rings. The van der Waals surface area contributed by atoms with E-state index in [4.69, 9.17) is 5.73 Å². The topological polar surface area (TPSA) is 29.3 Å². The molecule has 2 rings (SSSR count). The Kier molecular flexibility index (Phi) is 4.10. The second-order valence-electron chi connectivity index (χ2n) is 5.35. The summed E-state index contributed by atoms with van der Waals surface area (Å²) in [5.74, 6) is 0.584. The first-order valence-electron chi connectivity index (χ1n) is 6.72. The molecule has 0 radical (unpaired) electrons. The van der Waals surface area contributed by atoms with Crippen LogP contribution in [0.1, 0.15) is 30.9 Å². The van der Waals surface area contributed by atoms with E-state index >= 15 is 0 Å². The molecule has 0 unspecified atom stereocenters. The molecule has 0 amide bonds. The molecule has 0 spiro atoms. The normalized spacial score (nSPS) is 10.7. The van der Waals surface area contributed by atoms with Gasteiger partial charge in [0.15, 0.2) is 0 Å². The maximum atomic E-state index is 5.82. The van der Waals surface area contributed by atoms with E-state index in [2.05, 4.69) is 56.1 Å². The second-order valence-corrected chi connectivity index (χ2v) is 5.35. The van der Waals surface area contributed by atoms with Gasteiger partial charge in [0.05, 0.1) is 0 Å². The summed E-state index contributed by atoms with van der Waals surface area (Å²) in [7, 11) is 2.09. The Morgan fingerprint density at radius 3 is 2.32 bits per heavy atom. The number of anilines is 2. The summed E-state index contributed by atoms with van der Waals surface area (Å²) >= 11 is 0. The van der Waals surface area contributed by atoms with Gasteiger partial charge >= 0.3 is 0 Å². The van der Waals surface area contributed by atoms with Crippen molar-refractivity contribution in [2.24, 2.45) is 0 Å². The third kappa shape index (κ3) is 3.50. The van der Waals surface area contributed by atoms with E-state index in [0.717, 1.165) is 17.9 Å². The summed E-state index contributed by atoms with van der Waals surface area (Å²) in [4.78, 5) is 2.21. The van der Waals surface area contributed by atoms with Crippen LogP contribution >= 0.6 is 0 Å². The second kappa shape index (κ2) is 5.79. The van der Waals surface area contributed by atoms with Gasteiger partial charge in [-0.2, -0.15) is 0 Å². The van der Waals surface area contributed by atoms with Crippen LogP contribution in [0, 0.1) is 0 Å². The Morgan fingerprint density at radius 2 is 1.74 bits per heavy atom. The van der Waals surface area contributed by atoms with E-state index in [9.17, 15) is 0 Å². The summed E-state index contributed by atoms with van der Waals surface area (Å²) in [6.07, 6.45) is 0. The molecule has 100 valence electrons. The number of rotatable bonds is 4. The van der Waals surface area contributed by atoms with Crippen molar-refractivity contribution in [3.8, 4) is 0 Å². The Balaban J connectivity index is 2.08. The summed E-state index contributed by atoms with van der Waals surface area (Å²) in [5, 5.41) is 0. The van der Waals surface area contributed by atoms with Gasteiger partial charge in [-0.25, -0.2) is 0 Å². The van der Waals surface area contributed by atoms with Crippen molar-refractivity contribution < 1.29 is 0 Å². The third-order valence-corrected chi connectivity index (χ3v) is 3.38. The molecule has 0 aliphatic heterocycles. The zero-order valence-corrected chi connectivity index (χ0v) is 11.9. The first-order chi connectivity index (χ1) is 9.06. The number of benzene rings is 2. The van der Waals surface area contributed by atoms with Crippen LogP contribution < -0.4 is 10.6 Å². The lowest BCUT2D eigenvalue weighted by Crippen LogP contribution is -2.16. The van der Waals surface area contributed by atoms with Gasteiger partial charge in [-0.05, 0) is 35.2 Å². The van der Waals surface area contributed by atoms with Crippen molar-refractivity contribution in [2.75, 3.05) is 17.7 Å². The van der Waals surface area contributed by atoms with Gasteiger partial charge in [-0.15, -0.1) is 0 Å². The van der Waals surface area contributed by atoms with Gasteiger partial charge in [-0.3, -0.25) is 0 Å². The molecular weight excluding hydrogens is 232 g/mol. The van der Waals surface area contributed by atoms with Crippen LogP contribution in [0.2, 0.25) is 0 Å². The molecule has 0 heterocycles. The fourth-order valence-corrected chi connectivity index (χ4v) is 2.14. The Bertz CT molecular complexity index is 529. The molecule has 0 bridgehead atoms. The minimum Gasteiger partial charge on any atom is -0.399 e. The minimum atomic E-state index is 0.584. The summed E-state index contributed by atoms with van der Waals surface area (Å²) in [5.41, 5.74) is 10.5. The van der Waals surface area contributed by atoms with E-state index < -0.39 is 0 Å². The van der Waals surface area contributed by atoms with E-state index in [1.165, 1.54) is 11.1 Å². The highest BCUT2D eigenvalue weighted by Crippen LogP contribution is 2.20. The Morgan fingerprint density at radius 1 is 1.05 bits per heavy atom. The van der Waals surface area contributed by atoms with Gasteiger partial charge in [0.2, 0.25) is 0 Å². The first kappa shape index (κ1) is 13.5. The number of nitrogens with two attached hydrogens (primary N) is 1. The predicted octanol–water partition coefficient (Wildman–Crippen LogP) is 4.03. The zero-order valence-electron chi connectivity index (χ0n) is 11.9. The van der Waals surface area contributed by atoms with Crippen molar-refractivity contribution in [2.45, 2.75) is 26.3 Å². The van der Waals surface area contributed by atoms with Crippen LogP contribution in [0.15, 0.2) is 48.5 Å². The number of hydrogen-bond donors (Lipinski definition) is 1. The Hall–Kier alpha value is -1.96. The zero-order chi connectivity index (χ0) is 13.8.